The van der Waals surface area contributed by atoms with Crippen molar-refractivity contribution >= 4 is 23.3 Å². The van der Waals surface area contributed by atoms with Crippen molar-refractivity contribution in [3.8, 4) is 22.9 Å². The largest absolute Gasteiger partial charge is 0.452 e. The Morgan fingerprint density at radius 3 is 2.49 bits per heavy atom. The van der Waals surface area contributed by atoms with E-state index in [1.165, 1.54) is 12.1 Å². The van der Waals surface area contributed by atoms with E-state index in [0.29, 0.717) is 11.5 Å². The Morgan fingerprint density at radius 2 is 1.77 bits per heavy atom. The third-order valence-corrected chi connectivity index (χ3v) is 4.93. The second-order valence-corrected chi connectivity index (χ2v) is 7.35. The van der Waals surface area contributed by atoms with Gasteiger partial charge >= 0.3 is 11.7 Å². The van der Waals surface area contributed by atoms with Crippen molar-refractivity contribution in [3.05, 3.63) is 93.8 Å². The molecule has 4 rings (SSSR count). The van der Waals surface area contributed by atoms with Crippen LogP contribution in [-0.2, 0) is 9.53 Å². The number of halogens is 1. The Hall–Kier alpha value is -4.93. The molecule has 176 valence electrons. The summed E-state index contributed by atoms with van der Waals surface area (Å²) in [6, 6.07) is 16.6. The van der Waals surface area contributed by atoms with Crippen LogP contribution in [0.4, 0.5) is 15.8 Å². The Bertz CT molecular complexity index is 1420. The minimum absolute atomic E-state index is 0.00637. The van der Waals surface area contributed by atoms with Gasteiger partial charge in [0.25, 0.3) is 5.91 Å². The number of hydrogen-bond donors (Lipinski definition) is 1. The molecule has 0 aliphatic heterocycles. The monoisotopic (exact) mass is 476 g/mol. The van der Waals surface area contributed by atoms with E-state index in [1.807, 2.05) is 31.2 Å². The highest BCUT2D eigenvalue weighted by Gasteiger charge is 2.17. The molecule has 11 heteroatoms. The number of amides is 1. The summed E-state index contributed by atoms with van der Waals surface area (Å²) in [4.78, 5) is 34.2. The number of aromatic nitrogens is 2. The summed E-state index contributed by atoms with van der Waals surface area (Å²) in [7, 11) is 0. The van der Waals surface area contributed by atoms with Crippen LogP contribution in [0.2, 0.25) is 0 Å². The first-order valence-corrected chi connectivity index (χ1v) is 10.2. The van der Waals surface area contributed by atoms with E-state index in [-0.39, 0.29) is 17.1 Å². The average Bonchev–Trinajstić information content (AvgIpc) is 3.34. The van der Waals surface area contributed by atoms with Crippen LogP contribution in [-0.4, -0.2) is 33.6 Å². The van der Waals surface area contributed by atoms with E-state index in [0.717, 1.165) is 29.3 Å². The molecule has 35 heavy (non-hydrogen) atoms. The zero-order valence-electron chi connectivity index (χ0n) is 18.2. The van der Waals surface area contributed by atoms with Gasteiger partial charge in [0.05, 0.1) is 10.5 Å². The number of nitrogens with zero attached hydrogens (tertiary/aromatic N) is 3. The molecule has 3 aromatic carbocycles. The van der Waals surface area contributed by atoms with E-state index in [9.17, 15) is 24.1 Å². The van der Waals surface area contributed by atoms with Crippen molar-refractivity contribution in [2.75, 3.05) is 11.9 Å². The number of esters is 1. The second-order valence-electron chi connectivity index (χ2n) is 7.35. The first-order valence-electron chi connectivity index (χ1n) is 10.2. The van der Waals surface area contributed by atoms with Gasteiger partial charge in [0, 0.05) is 22.9 Å². The smallest absolute Gasteiger partial charge is 0.338 e. The lowest BCUT2D eigenvalue weighted by molar-refractivity contribution is -0.387. The molecule has 0 radical (unpaired) electrons. The molecule has 1 heterocycles. The van der Waals surface area contributed by atoms with Gasteiger partial charge in [0.2, 0.25) is 17.6 Å². The summed E-state index contributed by atoms with van der Waals surface area (Å²) < 4.78 is 24.1. The van der Waals surface area contributed by atoms with Crippen LogP contribution in [0.3, 0.4) is 0 Å². The van der Waals surface area contributed by atoms with Gasteiger partial charge in [0.15, 0.2) is 6.61 Å². The zero-order chi connectivity index (χ0) is 24.9. The molecule has 0 aliphatic rings. The number of ether oxygens (including phenoxy) is 1. The van der Waals surface area contributed by atoms with Gasteiger partial charge in [-0.15, -0.1) is 10.2 Å². The third kappa shape index (κ3) is 5.36. The lowest BCUT2D eigenvalue weighted by atomic mass is 10.1. The Labute approximate surface area is 197 Å². The highest BCUT2D eigenvalue weighted by molar-refractivity contribution is 5.95. The lowest BCUT2D eigenvalue weighted by Crippen LogP contribution is -2.21. The molecular weight excluding hydrogens is 459 g/mol. The molecule has 4 aromatic rings. The molecular formula is C24H17FN4O6. The van der Waals surface area contributed by atoms with Crippen LogP contribution in [0.5, 0.6) is 0 Å². The van der Waals surface area contributed by atoms with E-state index < -0.39 is 34.9 Å². The van der Waals surface area contributed by atoms with E-state index in [4.69, 9.17) is 9.15 Å². The number of nitro groups is 1. The number of benzene rings is 3. The molecule has 0 saturated carbocycles. The first kappa shape index (κ1) is 23.2. The number of nitrogens with one attached hydrogen (secondary N) is 1. The van der Waals surface area contributed by atoms with Gasteiger partial charge in [-0.3, -0.25) is 14.9 Å². The summed E-state index contributed by atoms with van der Waals surface area (Å²) in [6.07, 6.45) is 0. The molecule has 1 N–H and O–H groups in total. The van der Waals surface area contributed by atoms with Crippen molar-refractivity contribution in [2.24, 2.45) is 0 Å². The number of rotatable bonds is 7. The summed E-state index contributed by atoms with van der Waals surface area (Å²) in [6.45, 7) is 1.29. The zero-order valence-corrected chi connectivity index (χ0v) is 18.2. The molecule has 0 atom stereocenters. The van der Waals surface area contributed by atoms with Gasteiger partial charge in [-0.25, -0.2) is 4.79 Å². The van der Waals surface area contributed by atoms with Crippen molar-refractivity contribution in [1.29, 1.82) is 0 Å². The molecule has 0 bridgehead atoms. The summed E-state index contributed by atoms with van der Waals surface area (Å²) in [5, 5.41) is 21.2. The lowest BCUT2D eigenvalue weighted by Gasteiger charge is -2.07. The van der Waals surface area contributed by atoms with Gasteiger partial charge in [-0.2, -0.15) is 4.39 Å². The Morgan fingerprint density at radius 1 is 1.06 bits per heavy atom. The fourth-order valence-electron chi connectivity index (χ4n) is 3.15. The van der Waals surface area contributed by atoms with Crippen LogP contribution in [0.25, 0.3) is 22.9 Å². The number of anilines is 1. The molecule has 0 saturated heterocycles. The number of aryl methyl sites for hydroxylation is 1. The van der Waals surface area contributed by atoms with Gasteiger partial charge in [-0.1, -0.05) is 18.2 Å². The second kappa shape index (κ2) is 9.91. The summed E-state index contributed by atoms with van der Waals surface area (Å²) in [5.41, 5.74) is 1.78. The summed E-state index contributed by atoms with van der Waals surface area (Å²) >= 11 is 0. The minimum Gasteiger partial charge on any atom is -0.452 e. The average molecular weight is 476 g/mol. The number of carbonyl (C=O) groups excluding carboxylic acids is 2. The SMILES string of the molecule is Cc1ccccc1-c1nnc(-c2ccc(C(=O)OCC(=O)Nc3ccc(F)c([N+](=O)[O-])c3)cc2)o1. The third-order valence-electron chi connectivity index (χ3n) is 4.93. The molecule has 1 aromatic heterocycles. The normalized spacial score (nSPS) is 10.6. The van der Waals surface area contributed by atoms with Crippen molar-refractivity contribution in [1.82, 2.24) is 10.2 Å². The van der Waals surface area contributed by atoms with Crippen LogP contribution >= 0.6 is 0 Å². The van der Waals surface area contributed by atoms with Crippen LogP contribution < -0.4 is 5.32 Å². The van der Waals surface area contributed by atoms with Crippen LogP contribution in [0.15, 0.2) is 71.1 Å². The fraction of sp³-hybridized carbons (Fsp3) is 0.0833. The molecule has 0 unspecified atom stereocenters. The maximum absolute atomic E-state index is 13.4. The van der Waals surface area contributed by atoms with Crippen LogP contribution in [0, 0.1) is 22.9 Å². The molecule has 10 nitrogen and oxygen atoms in total. The molecule has 0 spiro atoms. The predicted molar refractivity (Wildman–Crippen MR) is 122 cm³/mol. The molecule has 1 amide bonds. The van der Waals surface area contributed by atoms with Crippen LogP contribution in [0.1, 0.15) is 15.9 Å². The molecule has 0 aliphatic carbocycles. The van der Waals surface area contributed by atoms with Gasteiger partial charge in [0.1, 0.15) is 0 Å². The highest BCUT2D eigenvalue weighted by atomic mass is 19.1. The van der Waals surface area contributed by atoms with Gasteiger partial charge in [-0.05, 0) is 55.0 Å². The molecule has 0 fully saturated rings. The minimum atomic E-state index is -1.03. The van der Waals surface area contributed by atoms with Crippen molar-refractivity contribution < 1.29 is 28.1 Å². The standard InChI is InChI=1S/C24H17FN4O6/c1-14-4-2-3-5-18(14)23-28-27-22(35-23)15-6-8-16(9-7-15)24(31)34-13-21(30)26-17-10-11-19(25)20(12-17)29(32)33/h2-12H,13H2,1H3,(H,26,30). The Balaban J connectivity index is 1.36. The van der Waals surface area contributed by atoms with Crippen molar-refractivity contribution in [2.45, 2.75) is 6.92 Å². The quantitative estimate of drug-likeness (QED) is 0.233. The van der Waals surface area contributed by atoms with E-state index in [2.05, 4.69) is 15.5 Å². The predicted octanol–water partition coefficient (Wildman–Crippen LogP) is 4.55. The van der Waals surface area contributed by atoms with E-state index >= 15 is 0 Å². The summed E-state index contributed by atoms with van der Waals surface area (Å²) in [5.74, 6) is -1.89. The van der Waals surface area contributed by atoms with E-state index in [1.54, 1.807) is 12.1 Å². The van der Waals surface area contributed by atoms with Gasteiger partial charge < -0.3 is 14.5 Å². The van der Waals surface area contributed by atoms with Crippen molar-refractivity contribution in [3.63, 3.8) is 0 Å². The fourth-order valence-corrected chi connectivity index (χ4v) is 3.15. The first-order chi connectivity index (χ1) is 16.8. The number of nitro benzene ring substituents is 1. The highest BCUT2D eigenvalue weighted by Crippen LogP contribution is 2.26. The maximum atomic E-state index is 13.4. The number of hydrogen-bond acceptors (Lipinski definition) is 8. The number of carbonyl (C=O) groups is 2. The topological polar surface area (TPSA) is 137 Å². The maximum Gasteiger partial charge on any atom is 0.338 e. The Kier molecular flexibility index (Phi) is 6.58.